The van der Waals surface area contributed by atoms with Gasteiger partial charge < -0.3 is 20.1 Å². The average Bonchev–Trinajstić information content (AvgIpc) is 3.18. The molecule has 7 heteroatoms. The Bertz CT molecular complexity index is 589. The van der Waals surface area contributed by atoms with Crippen molar-refractivity contribution in [3.63, 3.8) is 0 Å². The fourth-order valence-corrected chi connectivity index (χ4v) is 6.29. The Kier molecular flexibility index (Phi) is 4.33. The van der Waals surface area contributed by atoms with Crippen molar-refractivity contribution < 1.29 is 19.4 Å². The van der Waals surface area contributed by atoms with E-state index in [0.29, 0.717) is 25.0 Å². The maximum absolute atomic E-state index is 11.7. The maximum Gasteiger partial charge on any atom is 0.408 e. The molecule has 7 nitrogen and oxygen atoms in total. The molecular weight excluding hydrogens is 334 g/mol. The summed E-state index contributed by atoms with van der Waals surface area (Å²) in [6.07, 6.45) is 4.87. The first-order valence-electron chi connectivity index (χ1n) is 10.1. The molecule has 4 atom stereocenters. The molecule has 0 bridgehead atoms. The quantitative estimate of drug-likeness (QED) is 0.803. The molecule has 1 aliphatic carbocycles. The number of alkyl carbamates (subject to hydrolysis) is 1. The van der Waals surface area contributed by atoms with Gasteiger partial charge in [0.25, 0.3) is 0 Å². The van der Waals surface area contributed by atoms with Crippen LogP contribution in [0.25, 0.3) is 0 Å². The lowest BCUT2D eigenvalue weighted by Gasteiger charge is -2.58. The van der Waals surface area contributed by atoms with Crippen molar-refractivity contribution in [3.8, 4) is 0 Å². The monoisotopic (exact) mass is 365 g/mol. The van der Waals surface area contributed by atoms with Gasteiger partial charge in [-0.25, -0.2) is 9.59 Å². The van der Waals surface area contributed by atoms with E-state index in [4.69, 9.17) is 4.74 Å². The van der Waals surface area contributed by atoms with Gasteiger partial charge in [-0.3, -0.25) is 4.90 Å². The number of carbonyl (C=O) groups excluding carboxylic acids is 1. The summed E-state index contributed by atoms with van der Waals surface area (Å²) in [5.74, 6) is 0.576. The summed E-state index contributed by atoms with van der Waals surface area (Å²) in [5, 5.41) is 12.3. The molecule has 26 heavy (non-hydrogen) atoms. The third kappa shape index (κ3) is 2.58. The summed E-state index contributed by atoms with van der Waals surface area (Å²) < 4.78 is 5.71. The average molecular weight is 365 g/mol. The van der Waals surface area contributed by atoms with Crippen molar-refractivity contribution >= 4 is 12.2 Å². The molecule has 0 aromatic rings. The van der Waals surface area contributed by atoms with Crippen molar-refractivity contribution in [1.82, 2.24) is 15.1 Å². The zero-order valence-electron chi connectivity index (χ0n) is 15.9. The van der Waals surface area contributed by atoms with Crippen LogP contribution in [0.15, 0.2) is 0 Å². The van der Waals surface area contributed by atoms with Crippen LogP contribution in [0.1, 0.15) is 52.4 Å². The molecule has 3 heterocycles. The number of carbonyl (C=O) groups is 2. The number of piperidine rings is 1. The van der Waals surface area contributed by atoms with Crippen LogP contribution in [0.5, 0.6) is 0 Å². The summed E-state index contributed by atoms with van der Waals surface area (Å²) >= 11 is 0. The van der Waals surface area contributed by atoms with Gasteiger partial charge in [0.2, 0.25) is 0 Å². The van der Waals surface area contributed by atoms with Crippen molar-refractivity contribution in [2.45, 2.75) is 70.1 Å². The van der Waals surface area contributed by atoms with E-state index < -0.39 is 6.09 Å². The zero-order valence-corrected chi connectivity index (χ0v) is 15.9. The molecule has 2 N–H and O–H groups in total. The molecule has 0 radical (unpaired) electrons. The number of ether oxygens (including phenoxy) is 1. The second-order valence-electron chi connectivity index (χ2n) is 8.70. The first-order valence-corrected chi connectivity index (χ1v) is 10.1. The van der Waals surface area contributed by atoms with E-state index in [1.54, 1.807) is 4.90 Å². The van der Waals surface area contributed by atoms with Crippen LogP contribution in [0, 0.1) is 11.3 Å². The first kappa shape index (κ1) is 17.9. The van der Waals surface area contributed by atoms with Crippen molar-refractivity contribution in [1.29, 1.82) is 0 Å². The normalized spacial score (nSPS) is 39.1. The van der Waals surface area contributed by atoms with Gasteiger partial charge in [0.05, 0.1) is 6.04 Å². The SMILES string of the molecule is CCC1C(N2CCC3(CC2)OC(=O)NC3CC)CC12CCN(C(=O)O)C2. The number of hydrogen-bond acceptors (Lipinski definition) is 4. The topological polar surface area (TPSA) is 82.1 Å². The predicted octanol–water partition coefficient (Wildman–Crippen LogP) is 2.51. The van der Waals surface area contributed by atoms with Gasteiger partial charge in [0.15, 0.2) is 0 Å². The summed E-state index contributed by atoms with van der Waals surface area (Å²) in [7, 11) is 0. The predicted molar refractivity (Wildman–Crippen MR) is 96.1 cm³/mol. The zero-order chi connectivity index (χ0) is 18.5. The molecule has 4 unspecified atom stereocenters. The molecular formula is C19H31N3O4. The highest BCUT2D eigenvalue weighted by molar-refractivity contribution is 5.71. The van der Waals surface area contributed by atoms with Crippen molar-refractivity contribution in [2.75, 3.05) is 26.2 Å². The highest BCUT2D eigenvalue weighted by Crippen LogP contribution is 2.56. The molecule has 2 spiro atoms. The Balaban J connectivity index is 1.39. The molecule has 1 saturated carbocycles. The van der Waals surface area contributed by atoms with E-state index >= 15 is 0 Å². The van der Waals surface area contributed by atoms with E-state index in [-0.39, 0.29) is 23.2 Å². The molecule has 2 amide bonds. The summed E-state index contributed by atoms with van der Waals surface area (Å²) in [6.45, 7) is 7.65. The van der Waals surface area contributed by atoms with E-state index in [9.17, 15) is 14.7 Å². The van der Waals surface area contributed by atoms with Crippen LogP contribution in [0.3, 0.4) is 0 Å². The van der Waals surface area contributed by atoms with Gasteiger partial charge in [0.1, 0.15) is 5.60 Å². The van der Waals surface area contributed by atoms with Gasteiger partial charge in [-0.05, 0) is 30.6 Å². The van der Waals surface area contributed by atoms with Crippen LogP contribution < -0.4 is 5.32 Å². The number of carboxylic acid groups (broad SMARTS) is 1. The highest BCUT2D eigenvalue weighted by atomic mass is 16.6. The third-order valence-corrected chi connectivity index (χ3v) is 7.71. The lowest BCUT2D eigenvalue weighted by molar-refractivity contribution is -0.102. The molecule has 4 aliphatic rings. The summed E-state index contributed by atoms with van der Waals surface area (Å²) in [5.41, 5.74) is -0.126. The van der Waals surface area contributed by atoms with E-state index in [0.717, 1.165) is 51.6 Å². The molecule has 0 aromatic carbocycles. The van der Waals surface area contributed by atoms with E-state index in [1.165, 1.54) is 0 Å². The minimum absolute atomic E-state index is 0.130. The Morgan fingerprint density at radius 2 is 1.96 bits per heavy atom. The number of amides is 2. The number of rotatable bonds is 3. The van der Waals surface area contributed by atoms with Gasteiger partial charge in [-0.2, -0.15) is 0 Å². The standard InChI is InChI=1S/C19H31N3O4/c1-3-13-14(11-18(13)5-8-22(12-18)17(24)25)21-9-6-19(7-10-21)15(4-2)20-16(23)26-19/h13-15H,3-12H2,1-2H3,(H,20,23)(H,24,25). The lowest BCUT2D eigenvalue weighted by atomic mass is 9.54. The van der Waals surface area contributed by atoms with Crippen molar-refractivity contribution in [2.24, 2.45) is 11.3 Å². The molecule has 0 aromatic heterocycles. The van der Waals surface area contributed by atoms with Gasteiger partial charge >= 0.3 is 12.2 Å². The molecule has 4 fully saturated rings. The maximum atomic E-state index is 11.7. The molecule has 4 rings (SSSR count). The van der Waals surface area contributed by atoms with Crippen LogP contribution in [0.4, 0.5) is 9.59 Å². The summed E-state index contributed by atoms with van der Waals surface area (Å²) in [6, 6.07) is 0.682. The van der Waals surface area contributed by atoms with Gasteiger partial charge in [-0.1, -0.05) is 20.3 Å². The number of hydrogen-bond donors (Lipinski definition) is 2. The third-order valence-electron chi connectivity index (χ3n) is 7.71. The van der Waals surface area contributed by atoms with E-state index in [1.807, 2.05) is 0 Å². The fourth-order valence-electron chi connectivity index (χ4n) is 6.29. The molecule has 146 valence electrons. The van der Waals surface area contributed by atoms with Crippen LogP contribution in [-0.4, -0.2) is 71.0 Å². The smallest absolute Gasteiger partial charge is 0.408 e. The van der Waals surface area contributed by atoms with Crippen LogP contribution in [0.2, 0.25) is 0 Å². The second kappa shape index (κ2) is 6.29. The Morgan fingerprint density at radius 3 is 2.54 bits per heavy atom. The minimum Gasteiger partial charge on any atom is -0.465 e. The lowest BCUT2D eigenvalue weighted by Crippen LogP contribution is -2.63. The van der Waals surface area contributed by atoms with Crippen molar-refractivity contribution in [3.05, 3.63) is 0 Å². The molecule has 3 aliphatic heterocycles. The highest BCUT2D eigenvalue weighted by Gasteiger charge is 2.59. The second-order valence-corrected chi connectivity index (χ2v) is 8.70. The first-order chi connectivity index (χ1) is 12.4. The van der Waals surface area contributed by atoms with Gasteiger partial charge in [0, 0.05) is 45.1 Å². The minimum atomic E-state index is -0.777. The largest absolute Gasteiger partial charge is 0.465 e. The van der Waals surface area contributed by atoms with Gasteiger partial charge in [-0.15, -0.1) is 0 Å². The Morgan fingerprint density at radius 1 is 1.23 bits per heavy atom. The molecule has 3 saturated heterocycles. The van der Waals surface area contributed by atoms with E-state index in [2.05, 4.69) is 24.1 Å². The number of likely N-dealkylation sites (tertiary alicyclic amines) is 2. The number of nitrogens with one attached hydrogen (secondary N) is 1. The Hall–Kier alpha value is -1.50. The van der Waals surface area contributed by atoms with Crippen LogP contribution in [-0.2, 0) is 4.74 Å². The Labute approximate surface area is 155 Å². The number of nitrogens with zero attached hydrogens (tertiary/aromatic N) is 2. The van der Waals surface area contributed by atoms with Crippen LogP contribution >= 0.6 is 0 Å². The summed E-state index contributed by atoms with van der Waals surface area (Å²) in [4.78, 5) is 27.2. The fraction of sp³-hybridized carbons (Fsp3) is 0.895.